The molecule has 128 valence electrons. The van der Waals surface area contributed by atoms with Crippen LogP contribution in [-0.2, 0) is 0 Å². The normalized spacial score (nSPS) is 17.2. The summed E-state index contributed by atoms with van der Waals surface area (Å²) in [5.74, 6) is -0.0297. The monoisotopic (exact) mass is 347 g/mol. The van der Waals surface area contributed by atoms with Gasteiger partial charge in [-0.25, -0.2) is 0 Å². The van der Waals surface area contributed by atoms with Crippen molar-refractivity contribution >= 4 is 28.4 Å². The highest BCUT2D eigenvalue weighted by molar-refractivity contribution is 6.32. The van der Waals surface area contributed by atoms with Gasteiger partial charge in [0, 0.05) is 48.8 Å². The van der Waals surface area contributed by atoms with E-state index in [1.165, 1.54) is 0 Å². The molecule has 1 aliphatic rings. The minimum absolute atomic E-state index is 0.0297. The van der Waals surface area contributed by atoms with Crippen LogP contribution in [0.3, 0.4) is 0 Å². The number of pyridine rings is 1. The van der Waals surface area contributed by atoms with Gasteiger partial charge in [-0.3, -0.25) is 14.7 Å². The van der Waals surface area contributed by atoms with Crippen molar-refractivity contribution in [2.75, 3.05) is 32.8 Å². The first-order valence-electron chi connectivity index (χ1n) is 8.32. The first-order valence-corrected chi connectivity index (χ1v) is 8.70. The molecule has 0 radical (unpaired) electrons. The number of fused-ring (bicyclic) bond motifs is 1. The van der Waals surface area contributed by atoms with E-state index in [0.717, 1.165) is 24.9 Å². The Labute approximate surface area is 146 Å². The summed E-state index contributed by atoms with van der Waals surface area (Å²) in [5, 5.41) is 10.9. The smallest absolute Gasteiger partial charge is 0.256 e. The van der Waals surface area contributed by atoms with Crippen molar-refractivity contribution in [3.8, 4) is 0 Å². The maximum Gasteiger partial charge on any atom is 0.256 e. The summed E-state index contributed by atoms with van der Waals surface area (Å²) >= 11 is 6.17. The molecule has 1 unspecified atom stereocenters. The fourth-order valence-electron chi connectivity index (χ4n) is 3.28. The fourth-order valence-corrected chi connectivity index (χ4v) is 3.51. The molecular weight excluding hydrogens is 326 g/mol. The molecule has 5 nitrogen and oxygen atoms in total. The number of aliphatic hydroxyl groups is 1. The molecule has 0 bridgehead atoms. The Morgan fingerprint density at radius 3 is 2.75 bits per heavy atom. The van der Waals surface area contributed by atoms with Crippen molar-refractivity contribution in [2.24, 2.45) is 0 Å². The van der Waals surface area contributed by atoms with Gasteiger partial charge in [0.05, 0.1) is 17.7 Å². The van der Waals surface area contributed by atoms with Gasteiger partial charge in [-0.15, -0.1) is 0 Å². The summed E-state index contributed by atoms with van der Waals surface area (Å²) < 4.78 is 0. The van der Waals surface area contributed by atoms with Crippen LogP contribution in [0.2, 0.25) is 5.02 Å². The second-order valence-corrected chi connectivity index (χ2v) is 6.54. The van der Waals surface area contributed by atoms with Gasteiger partial charge in [0.25, 0.3) is 5.91 Å². The van der Waals surface area contributed by atoms with Crippen LogP contribution in [0, 0.1) is 0 Å². The molecule has 1 N–H and O–H groups in total. The molecule has 0 aliphatic carbocycles. The molecular formula is C18H22ClN3O2. The molecule has 3 rings (SSSR count). The SMILES string of the molecule is CCC(CO)N1CCN(C(=O)c2cc(Cl)cc3cccnc23)CC1. The summed E-state index contributed by atoms with van der Waals surface area (Å²) in [6, 6.07) is 7.46. The van der Waals surface area contributed by atoms with Crippen LogP contribution in [0.1, 0.15) is 23.7 Å². The number of benzene rings is 1. The molecule has 1 aliphatic heterocycles. The van der Waals surface area contributed by atoms with E-state index in [-0.39, 0.29) is 18.6 Å². The summed E-state index contributed by atoms with van der Waals surface area (Å²) in [4.78, 5) is 21.4. The van der Waals surface area contributed by atoms with Crippen molar-refractivity contribution < 1.29 is 9.90 Å². The number of hydrogen-bond donors (Lipinski definition) is 1. The van der Waals surface area contributed by atoms with E-state index in [1.807, 2.05) is 23.1 Å². The van der Waals surface area contributed by atoms with Crippen LogP contribution < -0.4 is 0 Å². The number of amides is 1. The van der Waals surface area contributed by atoms with Crippen molar-refractivity contribution in [2.45, 2.75) is 19.4 Å². The second-order valence-electron chi connectivity index (χ2n) is 6.10. The number of aromatic nitrogens is 1. The van der Waals surface area contributed by atoms with Crippen LogP contribution in [0.5, 0.6) is 0 Å². The van der Waals surface area contributed by atoms with E-state index < -0.39 is 0 Å². The van der Waals surface area contributed by atoms with Crippen LogP contribution in [0.4, 0.5) is 0 Å². The molecule has 2 aromatic rings. The molecule has 0 saturated carbocycles. The lowest BCUT2D eigenvalue weighted by molar-refractivity contribution is 0.0473. The Bertz CT molecular complexity index is 725. The predicted octanol–water partition coefficient (Wildman–Crippen LogP) is 2.42. The van der Waals surface area contributed by atoms with E-state index in [4.69, 9.17) is 11.6 Å². The fraction of sp³-hybridized carbons (Fsp3) is 0.444. The van der Waals surface area contributed by atoms with Gasteiger partial charge in [-0.2, -0.15) is 0 Å². The molecule has 1 aromatic carbocycles. The van der Waals surface area contributed by atoms with E-state index in [0.29, 0.717) is 29.2 Å². The standard InChI is InChI=1S/C18H22ClN3O2/c1-2-15(12-23)21-6-8-22(9-7-21)18(24)16-11-14(19)10-13-4-3-5-20-17(13)16/h3-5,10-11,15,23H,2,6-9,12H2,1H3. The van der Waals surface area contributed by atoms with Gasteiger partial charge in [0.2, 0.25) is 0 Å². The quantitative estimate of drug-likeness (QED) is 0.922. The number of piperazine rings is 1. The van der Waals surface area contributed by atoms with Crippen LogP contribution >= 0.6 is 11.6 Å². The highest BCUT2D eigenvalue weighted by atomic mass is 35.5. The molecule has 6 heteroatoms. The number of hydrogen-bond acceptors (Lipinski definition) is 4. The molecule has 1 atom stereocenters. The Kier molecular flexibility index (Phi) is 5.33. The van der Waals surface area contributed by atoms with Gasteiger partial charge < -0.3 is 10.0 Å². The van der Waals surface area contributed by atoms with Gasteiger partial charge >= 0.3 is 0 Å². The third-order valence-corrected chi connectivity index (χ3v) is 4.92. The zero-order chi connectivity index (χ0) is 17.1. The van der Waals surface area contributed by atoms with Crippen LogP contribution in [-0.4, -0.2) is 64.6 Å². The number of carbonyl (C=O) groups is 1. The lowest BCUT2D eigenvalue weighted by atomic mass is 10.1. The second kappa shape index (κ2) is 7.47. The van der Waals surface area contributed by atoms with Crippen LogP contribution in [0.15, 0.2) is 30.5 Å². The third kappa shape index (κ3) is 3.38. The van der Waals surface area contributed by atoms with Gasteiger partial charge in [0.15, 0.2) is 0 Å². The summed E-state index contributed by atoms with van der Waals surface area (Å²) in [6.45, 7) is 5.08. The third-order valence-electron chi connectivity index (χ3n) is 4.70. The number of rotatable bonds is 4. The average molecular weight is 348 g/mol. The summed E-state index contributed by atoms with van der Waals surface area (Å²) in [7, 11) is 0. The molecule has 1 fully saturated rings. The molecule has 1 aromatic heterocycles. The van der Waals surface area contributed by atoms with E-state index >= 15 is 0 Å². The van der Waals surface area contributed by atoms with Gasteiger partial charge in [-0.05, 0) is 24.6 Å². The molecule has 1 amide bonds. The van der Waals surface area contributed by atoms with Crippen molar-refractivity contribution in [1.82, 2.24) is 14.8 Å². The Morgan fingerprint density at radius 1 is 1.33 bits per heavy atom. The maximum atomic E-state index is 12.9. The number of nitrogens with zero attached hydrogens (tertiary/aromatic N) is 3. The highest BCUT2D eigenvalue weighted by Crippen LogP contribution is 2.24. The minimum atomic E-state index is -0.0297. The molecule has 24 heavy (non-hydrogen) atoms. The Hall–Kier alpha value is -1.69. The number of carbonyl (C=O) groups excluding carboxylic acids is 1. The minimum Gasteiger partial charge on any atom is -0.395 e. The molecule has 2 heterocycles. The Morgan fingerprint density at radius 2 is 2.08 bits per heavy atom. The average Bonchev–Trinajstić information content (AvgIpc) is 2.62. The first-order chi connectivity index (χ1) is 11.6. The maximum absolute atomic E-state index is 12.9. The van der Waals surface area contributed by atoms with Gasteiger partial charge in [0.1, 0.15) is 0 Å². The van der Waals surface area contributed by atoms with Crippen molar-refractivity contribution in [1.29, 1.82) is 0 Å². The topological polar surface area (TPSA) is 56.7 Å². The first kappa shape index (κ1) is 17.1. The highest BCUT2D eigenvalue weighted by Gasteiger charge is 2.26. The summed E-state index contributed by atoms with van der Waals surface area (Å²) in [6.07, 6.45) is 2.60. The van der Waals surface area contributed by atoms with Crippen molar-refractivity contribution in [3.05, 3.63) is 41.0 Å². The predicted molar refractivity (Wildman–Crippen MR) is 95.4 cm³/mol. The van der Waals surface area contributed by atoms with Crippen LogP contribution in [0.25, 0.3) is 10.9 Å². The number of halogens is 1. The molecule has 0 spiro atoms. The zero-order valence-corrected chi connectivity index (χ0v) is 14.5. The molecule has 1 saturated heterocycles. The largest absolute Gasteiger partial charge is 0.395 e. The zero-order valence-electron chi connectivity index (χ0n) is 13.8. The van der Waals surface area contributed by atoms with E-state index in [2.05, 4.69) is 16.8 Å². The Balaban J connectivity index is 1.79. The van der Waals surface area contributed by atoms with Crippen molar-refractivity contribution in [3.63, 3.8) is 0 Å². The summed E-state index contributed by atoms with van der Waals surface area (Å²) in [5.41, 5.74) is 1.25. The lowest BCUT2D eigenvalue weighted by Gasteiger charge is -2.38. The number of aliphatic hydroxyl groups excluding tert-OH is 1. The van der Waals surface area contributed by atoms with Gasteiger partial charge in [-0.1, -0.05) is 24.6 Å². The van der Waals surface area contributed by atoms with E-state index in [1.54, 1.807) is 12.3 Å². The van der Waals surface area contributed by atoms with E-state index in [9.17, 15) is 9.90 Å². The lowest BCUT2D eigenvalue weighted by Crippen LogP contribution is -2.52.